The fourth-order valence-corrected chi connectivity index (χ4v) is 2.33. The molecule has 0 fully saturated rings. The molecule has 3 aromatic rings. The van der Waals surface area contributed by atoms with Crippen molar-refractivity contribution in [2.75, 3.05) is 0 Å². The average Bonchev–Trinajstić information content (AvgIpc) is 2.55. The van der Waals surface area contributed by atoms with Crippen molar-refractivity contribution < 1.29 is 19.9 Å². The second kappa shape index (κ2) is 5.38. The molecule has 7 nitrogen and oxygen atoms in total. The van der Waals surface area contributed by atoms with Gasteiger partial charge in [0.15, 0.2) is 11.5 Å². The summed E-state index contributed by atoms with van der Waals surface area (Å²) in [5, 5.41) is 31.4. The molecule has 0 aliphatic rings. The number of benzene rings is 2. The molecule has 7 heteroatoms. The van der Waals surface area contributed by atoms with Crippen LogP contribution in [0.5, 0.6) is 11.5 Å². The number of pyridine rings is 1. The maximum Gasteiger partial charge on any atom is 0.315 e. The fourth-order valence-electron chi connectivity index (χ4n) is 2.33. The number of nitro groups is 1. The van der Waals surface area contributed by atoms with E-state index in [-0.39, 0.29) is 11.1 Å². The summed E-state index contributed by atoms with van der Waals surface area (Å²) in [6, 6.07) is 9.01. The summed E-state index contributed by atoms with van der Waals surface area (Å²) in [5.74, 6) is -2.13. The number of carbonyl (C=O) groups is 1. The Labute approximate surface area is 129 Å². The molecular weight excluding hydrogens is 300 g/mol. The van der Waals surface area contributed by atoms with E-state index in [1.807, 2.05) is 0 Å². The third kappa shape index (κ3) is 2.44. The van der Waals surface area contributed by atoms with Gasteiger partial charge in [0.1, 0.15) is 0 Å². The lowest BCUT2D eigenvalue weighted by molar-refractivity contribution is -0.386. The van der Waals surface area contributed by atoms with Gasteiger partial charge in [-0.1, -0.05) is 24.3 Å². The summed E-state index contributed by atoms with van der Waals surface area (Å²) in [6.45, 7) is 0. The van der Waals surface area contributed by atoms with Crippen LogP contribution in [0, 0.1) is 10.1 Å². The topological polar surface area (TPSA) is 114 Å². The van der Waals surface area contributed by atoms with Crippen LogP contribution in [-0.4, -0.2) is 25.9 Å². The Balaban J connectivity index is 2.19. The molecule has 1 heterocycles. The normalized spacial score (nSPS) is 10.6. The number of nitro benzene ring substituents is 1. The van der Waals surface area contributed by atoms with Crippen molar-refractivity contribution >= 4 is 22.2 Å². The molecule has 0 aliphatic heterocycles. The molecule has 0 bridgehead atoms. The van der Waals surface area contributed by atoms with E-state index in [0.717, 1.165) is 17.5 Å². The highest BCUT2D eigenvalue weighted by Crippen LogP contribution is 2.37. The molecule has 0 amide bonds. The van der Waals surface area contributed by atoms with Crippen molar-refractivity contribution in [1.82, 2.24) is 4.98 Å². The van der Waals surface area contributed by atoms with E-state index >= 15 is 0 Å². The van der Waals surface area contributed by atoms with Gasteiger partial charge in [0.2, 0.25) is 5.75 Å². The number of hydrogen-bond acceptors (Lipinski definition) is 6. The first-order valence-corrected chi connectivity index (χ1v) is 6.57. The van der Waals surface area contributed by atoms with Gasteiger partial charge >= 0.3 is 5.69 Å². The number of rotatable bonds is 3. The zero-order chi connectivity index (χ0) is 16.6. The van der Waals surface area contributed by atoms with Gasteiger partial charge in [0.05, 0.1) is 4.92 Å². The van der Waals surface area contributed by atoms with Crippen LogP contribution >= 0.6 is 0 Å². The van der Waals surface area contributed by atoms with Gasteiger partial charge in [0, 0.05) is 35.0 Å². The highest BCUT2D eigenvalue weighted by atomic mass is 16.6. The van der Waals surface area contributed by atoms with Crippen molar-refractivity contribution in [2.45, 2.75) is 0 Å². The largest absolute Gasteiger partial charge is 0.504 e. The molecule has 23 heavy (non-hydrogen) atoms. The number of hydrogen-bond donors (Lipinski definition) is 2. The number of aromatic nitrogens is 1. The van der Waals surface area contributed by atoms with Gasteiger partial charge < -0.3 is 10.2 Å². The van der Waals surface area contributed by atoms with Crippen LogP contribution < -0.4 is 0 Å². The summed E-state index contributed by atoms with van der Waals surface area (Å²) in [4.78, 5) is 26.7. The monoisotopic (exact) mass is 310 g/mol. The molecule has 0 radical (unpaired) electrons. The molecule has 0 aliphatic carbocycles. The molecule has 1 aromatic heterocycles. The fraction of sp³-hybridized carbons (Fsp3) is 0. The third-order valence-electron chi connectivity index (χ3n) is 3.44. The first-order valence-electron chi connectivity index (χ1n) is 6.57. The summed E-state index contributed by atoms with van der Waals surface area (Å²) in [5.41, 5.74) is -0.589. The predicted octanol–water partition coefficient (Wildman–Crippen LogP) is 2.79. The Bertz CT molecular complexity index is 947. The summed E-state index contributed by atoms with van der Waals surface area (Å²) in [7, 11) is 0. The lowest BCUT2D eigenvalue weighted by Crippen LogP contribution is -2.04. The molecule has 0 unspecified atom stereocenters. The van der Waals surface area contributed by atoms with Crippen LogP contribution in [0.1, 0.15) is 15.9 Å². The Hall–Kier alpha value is -3.48. The van der Waals surface area contributed by atoms with Crippen LogP contribution in [0.25, 0.3) is 10.8 Å². The first kappa shape index (κ1) is 14.5. The van der Waals surface area contributed by atoms with Crippen LogP contribution in [0.15, 0.2) is 48.8 Å². The number of nitrogens with zero attached hydrogens (tertiary/aromatic N) is 2. The Morgan fingerprint density at radius 2 is 1.87 bits per heavy atom. The SMILES string of the molecule is O=C(c1cc(O)c(O)c([N+](=O)[O-])c1)c1cncc2ccccc12. The molecule has 2 aromatic carbocycles. The molecule has 0 saturated heterocycles. The minimum atomic E-state index is -0.873. The Kier molecular flexibility index (Phi) is 3.38. The van der Waals surface area contributed by atoms with Crippen LogP contribution in [0.2, 0.25) is 0 Å². The molecular formula is C16H10N2O5. The molecule has 114 valence electrons. The zero-order valence-corrected chi connectivity index (χ0v) is 11.6. The minimum Gasteiger partial charge on any atom is -0.504 e. The van der Waals surface area contributed by atoms with Crippen molar-refractivity contribution in [1.29, 1.82) is 0 Å². The van der Waals surface area contributed by atoms with E-state index in [4.69, 9.17) is 0 Å². The summed E-state index contributed by atoms with van der Waals surface area (Å²) >= 11 is 0. The van der Waals surface area contributed by atoms with E-state index in [1.54, 1.807) is 30.5 Å². The van der Waals surface area contributed by atoms with E-state index in [2.05, 4.69) is 4.98 Å². The first-order chi connectivity index (χ1) is 11.0. The number of ketones is 1. The van der Waals surface area contributed by atoms with Crippen molar-refractivity contribution in [3.05, 3.63) is 70.0 Å². The second-order valence-corrected chi connectivity index (χ2v) is 4.86. The van der Waals surface area contributed by atoms with E-state index in [1.165, 1.54) is 6.20 Å². The van der Waals surface area contributed by atoms with E-state index in [9.17, 15) is 25.1 Å². The highest BCUT2D eigenvalue weighted by molar-refractivity contribution is 6.16. The molecule has 3 rings (SSSR count). The maximum absolute atomic E-state index is 12.6. The van der Waals surface area contributed by atoms with Gasteiger partial charge in [-0.25, -0.2) is 0 Å². The molecule has 0 saturated carbocycles. The van der Waals surface area contributed by atoms with E-state index < -0.39 is 27.9 Å². The van der Waals surface area contributed by atoms with Crippen molar-refractivity contribution in [2.24, 2.45) is 0 Å². The van der Waals surface area contributed by atoms with Gasteiger partial charge in [0.25, 0.3) is 0 Å². The minimum absolute atomic E-state index is 0.106. The third-order valence-corrected chi connectivity index (χ3v) is 3.44. The molecule has 0 atom stereocenters. The van der Waals surface area contributed by atoms with Gasteiger partial charge in [-0.2, -0.15) is 0 Å². The van der Waals surface area contributed by atoms with Crippen LogP contribution in [0.4, 0.5) is 5.69 Å². The van der Waals surface area contributed by atoms with Crippen molar-refractivity contribution in [3.8, 4) is 11.5 Å². The number of carbonyl (C=O) groups excluding carboxylic acids is 1. The number of phenolic OH excluding ortho intramolecular Hbond substituents is 2. The van der Waals surface area contributed by atoms with Crippen LogP contribution in [0.3, 0.4) is 0 Å². The molecule has 2 N–H and O–H groups in total. The van der Waals surface area contributed by atoms with E-state index in [0.29, 0.717) is 5.39 Å². The molecule has 0 spiro atoms. The van der Waals surface area contributed by atoms with Crippen molar-refractivity contribution in [3.63, 3.8) is 0 Å². The average molecular weight is 310 g/mol. The number of aromatic hydroxyl groups is 2. The smallest absolute Gasteiger partial charge is 0.315 e. The summed E-state index contributed by atoms with van der Waals surface area (Å²) in [6.07, 6.45) is 2.96. The van der Waals surface area contributed by atoms with Gasteiger partial charge in [-0.05, 0) is 11.5 Å². The van der Waals surface area contributed by atoms with Gasteiger partial charge in [-0.3, -0.25) is 19.9 Å². The predicted molar refractivity (Wildman–Crippen MR) is 81.6 cm³/mol. The Morgan fingerprint density at radius 3 is 2.61 bits per heavy atom. The Morgan fingerprint density at radius 1 is 1.13 bits per heavy atom. The number of phenols is 2. The lowest BCUT2D eigenvalue weighted by atomic mass is 9.99. The standard InChI is InChI=1S/C16H10N2O5/c19-14-6-10(5-13(16(14)21)18(22)23)15(20)12-8-17-7-9-3-1-2-4-11(9)12/h1-8,19,21H. The maximum atomic E-state index is 12.6. The summed E-state index contributed by atoms with van der Waals surface area (Å²) < 4.78 is 0. The highest BCUT2D eigenvalue weighted by Gasteiger charge is 2.23. The lowest BCUT2D eigenvalue weighted by Gasteiger charge is -2.07. The zero-order valence-electron chi connectivity index (χ0n) is 11.6. The van der Waals surface area contributed by atoms with Gasteiger partial charge in [-0.15, -0.1) is 0 Å². The number of fused-ring (bicyclic) bond motifs is 1. The quantitative estimate of drug-likeness (QED) is 0.333. The van der Waals surface area contributed by atoms with Crippen LogP contribution in [-0.2, 0) is 0 Å². The second-order valence-electron chi connectivity index (χ2n) is 4.86.